The van der Waals surface area contributed by atoms with Gasteiger partial charge in [0.05, 0.1) is 5.88 Å². The van der Waals surface area contributed by atoms with Crippen molar-refractivity contribution < 1.29 is 17.9 Å². The molecule has 1 heterocycles. The summed E-state index contributed by atoms with van der Waals surface area (Å²) in [5.41, 5.74) is 0.218. The smallest absolute Gasteiger partial charge is 0.388 e. The van der Waals surface area contributed by atoms with Gasteiger partial charge in [0.25, 0.3) is 0 Å². The lowest BCUT2D eigenvalue weighted by Crippen LogP contribution is -2.18. The third-order valence-corrected chi connectivity index (χ3v) is 2.13. The molecule has 1 rings (SSSR count). The van der Waals surface area contributed by atoms with Crippen LogP contribution < -0.4 is 4.74 Å². The SMILES string of the molecule is FC(F)(F)Oc1ncc(I)cc1CCl. The molecule has 0 saturated heterocycles. The maximum Gasteiger partial charge on any atom is 0.574 e. The van der Waals surface area contributed by atoms with Crippen LogP contribution in [0.25, 0.3) is 0 Å². The quantitative estimate of drug-likeness (QED) is 0.610. The molecule has 0 radical (unpaired) electrons. The van der Waals surface area contributed by atoms with Crippen LogP contribution >= 0.6 is 34.2 Å². The van der Waals surface area contributed by atoms with Gasteiger partial charge in [-0.3, -0.25) is 0 Å². The number of nitrogens with zero attached hydrogens (tertiary/aromatic N) is 1. The van der Waals surface area contributed by atoms with E-state index in [0.29, 0.717) is 3.57 Å². The van der Waals surface area contributed by atoms with Crippen molar-refractivity contribution in [3.8, 4) is 5.88 Å². The molecule has 0 aromatic carbocycles. The van der Waals surface area contributed by atoms with Crippen molar-refractivity contribution in [3.63, 3.8) is 0 Å². The van der Waals surface area contributed by atoms with E-state index >= 15 is 0 Å². The maximum absolute atomic E-state index is 11.9. The van der Waals surface area contributed by atoms with E-state index in [1.54, 1.807) is 0 Å². The molecule has 0 fully saturated rings. The Morgan fingerprint density at radius 3 is 2.64 bits per heavy atom. The molecule has 0 aliphatic heterocycles. The molecule has 0 aliphatic rings. The maximum atomic E-state index is 11.9. The van der Waals surface area contributed by atoms with Crippen molar-refractivity contribution in [2.24, 2.45) is 0 Å². The highest BCUT2D eigenvalue weighted by atomic mass is 127. The van der Waals surface area contributed by atoms with Crippen LogP contribution in [-0.4, -0.2) is 11.3 Å². The van der Waals surface area contributed by atoms with Crippen LogP contribution in [0, 0.1) is 3.57 Å². The molecule has 14 heavy (non-hydrogen) atoms. The molecule has 0 spiro atoms. The first-order valence-corrected chi connectivity index (χ1v) is 5.00. The highest BCUT2D eigenvalue weighted by Crippen LogP contribution is 2.26. The highest BCUT2D eigenvalue weighted by molar-refractivity contribution is 14.1. The van der Waals surface area contributed by atoms with Gasteiger partial charge in [0, 0.05) is 15.3 Å². The van der Waals surface area contributed by atoms with Crippen LogP contribution in [0.4, 0.5) is 13.2 Å². The Balaban J connectivity index is 2.97. The largest absolute Gasteiger partial charge is 0.574 e. The van der Waals surface area contributed by atoms with Gasteiger partial charge in [0.15, 0.2) is 0 Å². The second-order valence-electron chi connectivity index (χ2n) is 2.30. The number of alkyl halides is 4. The normalized spacial score (nSPS) is 11.5. The van der Waals surface area contributed by atoms with Crippen LogP contribution in [0.15, 0.2) is 12.3 Å². The van der Waals surface area contributed by atoms with E-state index in [1.807, 2.05) is 22.6 Å². The van der Waals surface area contributed by atoms with Gasteiger partial charge < -0.3 is 4.74 Å². The zero-order valence-electron chi connectivity index (χ0n) is 6.61. The fourth-order valence-corrected chi connectivity index (χ4v) is 1.47. The van der Waals surface area contributed by atoms with Crippen LogP contribution in [0.2, 0.25) is 0 Å². The van der Waals surface area contributed by atoms with E-state index < -0.39 is 12.2 Å². The Kier molecular flexibility index (Phi) is 3.82. The van der Waals surface area contributed by atoms with Gasteiger partial charge in [-0.25, -0.2) is 4.98 Å². The summed E-state index contributed by atoms with van der Waals surface area (Å²) < 4.78 is 39.9. The van der Waals surface area contributed by atoms with Crippen LogP contribution in [0.5, 0.6) is 5.88 Å². The van der Waals surface area contributed by atoms with Crippen molar-refractivity contribution in [2.45, 2.75) is 12.2 Å². The van der Waals surface area contributed by atoms with E-state index in [1.165, 1.54) is 12.3 Å². The number of hydrogen-bond donors (Lipinski definition) is 0. The molecule has 1 aromatic heterocycles. The van der Waals surface area contributed by atoms with Crippen molar-refractivity contribution in [1.29, 1.82) is 0 Å². The molecule has 2 nitrogen and oxygen atoms in total. The van der Waals surface area contributed by atoms with E-state index in [2.05, 4.69) is 9.72 Å². The molecule has 7 heteroatoms. The first kappa shape index (κ1) is 11.8. The number of ether oxygens (including phenoxy) is 1. The summed E-state index contributed by atoms with van der Waals surface area (Å²) in [5.74, 6) is -0.567. The molecular formula is C7H4ClF3INO. The first-order valence-electron chi connectivity index (χ1n) is 3.38. The Labute approximate surface area is 96.6 Å². The molecule has 0 aliphatic carbocycles. The number of pyridine rings is 1. The topological polar surface area (TPSA) is 22.1 Å². The van der Waals surface area contributed by atoms with Crippen LogP contribution in [-0.2, 0) is 5.88 Å². The first-order chi connectivity index (χ1) is 6.42. The second kappa shape index (κ2) is 4.52. The van der Waals surface area contributed by atoms with Gasteiger partial charge in [-0.05, 0) is 28.7 Å². The predicted molar refractivity (Wildman–Crippen MR) is 53.2 cm³/mol. The predicted octanol–water partition coefficient (Wildman–Crippen LogP) is 3.32. The lowest BCUT2D eigenvalue weighted by atomic mass is 10.3. The standard InChI is InChI=1S/C7H4ClF3INO/c8-2-4-1-5(12)3-13-6(4)14-7(9,10)11/h1,3H,2H2. The van der Waals surface area contributed by atoms with Crippen LogP contribution in [0.1, 0.15) is 5.56 Å². The molecule has 0 bridgehead atoms. The zero-order chi connectivity index (χ0) is 10.8. The molecule has 0 saturated carbocycles. The fraction of sp³-hybridized carbons (Fsp3) is 0.286. The number of aromatic nitrogens is 1. The monoisotopic (exact) mass is 337 g/mol. The molecule has 78 valence electrons. The molecule has 0 unspecified atom stereocenters. The Bertz CT molecular complexity index is 331. The number of hydrogen-bond acceptors (Lipinski definition) is 2. The van der Waals surface area contributed by atoms with E-state index in [-0.39, 0.29) is 11.4 Å². The molecular weight excluding hydrogens is 333 g/mol. The van der Waals surface area contributed by atoms with Gasteiger partial charge in [-0.2, -0.15) is 0 Å². The minimum atomic E-state index is -4.74. The third-order valence-electron chi connectivity index (χ3n) is 1.25. The average Bonchev–Trinajstić information content (AvgIpc) is 2.06. The van der Waals surface area contributed by atoms with Gasteiger partial charge in [0.2, 0.25) is 5.88 Å². The molecule has 0 N–H and O–H groups in total. The number of halogens is 5. The minimum Gasteiger partial charge on any atom is -0.388 e. The average molecular weight is 337 g/mol. The Hall–Kier alpha value is -0.240. The van der Waals surface area contributed by atoms with Gasteiger partial charge in [-0.15, -0.1) is 24.8 Å². The lowest BCUT2D eigenvalue weighted by molar-refractivity contribution is -0.276. The van der Waals surface area contributed by atoms with Gasteiger partial charge in [0.1, 0.15) is 0 Å². The highest BCUT2D eigenvalue weighted by Gasteiger charge is 2.32. The summed E-state index contributed by atoms with van der Waals surface area (Å²) in [6, 6.07) is 1.49. The summed E-state index contributed by atoms with van der Waals surface area (Å²) >= 11 is 7.37. The molecule has 0 atom stereocenters. The van der Waals surface area contributed by atoms with Gasteiger partial charge in [-0.1, -0.05) is 0 Å². The minimum absolute atomic E-state index is 0.0742. The summed E-state index contributed by atoms with van der Waals surface area (Å²) in [6.45, 7) is 0. The summed E-state index contributed by atoms with van der Waals surface area (Å²) in [5, 5.41) is 0. The number of rotatable bonds is 2. The molecule has 1 aromatic rings. The van der Waals surface area contributed by atoms with E-state index in [9.17, 15) is 13.2 Å². The Morgan fingerprint density at radius 1 is 1.50 bits per heavy atom. The van der Waals surface area contributed by atoms with E-state index in [0.717, 1.165) is 0 Å². The van der Waals surface area contributed by atoms with Gasteiger partial charge >= 0.3 is 6.36 Å². The summed E-state index contributed by atoms with van der Waals surface area (Å²) in [7, 11) is 0. The van der Waals surface area contributed by atoms with Crippen molar-refractivity contribution in [2.75, 3.05) is 0 Å². The van der Waals surface area contributed by atoms with E-state index in [4.69, 9.17) is 11.6 Å². The fourth-order valence-electron chi connectivity index (χ4n) is 0.766. The summed E-state index contributed by atoms with van der Waals surface area (Å²) in [4.78, 5) is 3.50. The third kappa shape index (κ3) is 3.49. The van der Waals surface area contributed by atoms with Crippen molar-refractivity contribution in [3.05, 3.63) is 21.4 Å². The summed E-state index contributed by atoms with van der Waals surface area (Å²) in [6.07, 6.45) is -3.46. The lowest BCUT2D eigenvalue weighted by Gasteiger charge is -2.10. The molecule has 0 amide bonds. The Morgan fingerprint density at radius 2 is 2.14 bits per heavy atom. The second-order valence-corrected chi connectivity index (χ2v) is 3.81. The van der Waals surface area contributed by atoms with Crippen molar-refractivity contribution in [1.82, 2.24) is 4.98 Å². The zero-order valence-corrected chi connectivity index (χ0v) is 9.52. The van der Waals surface area contributed by atoms with Crippen molar-refractivity contribution >= 4 is 34.2 Å². The van der Waals surface area contributed by atoms with Crippen LogP contribution in [0.3, 0.4) is 0 Å².